The van der Waals surface area contributed by atoms with Crippen molar-refractivity contribution in [3.8, 4) is 0 Å². The number of aromatic nitrogens is 3. The summed E-state index contributed by atoms with van der Waals surface area (Å²) in [7, 11) is 0. The van der Waals surface area contributed by atoms with Crippen LogP contribution in [0.5, 0.6) is 0 Å². The fourth-order valence-electron chi connectivity index (χ4n) is 3.07. The third-order valence-corrected chi connectivity index (χ3v) is 4.02. The lowest BCUT2D eigenvalue weighted by molar-refractivity contribution is 0.375. The number of nitrogens with one attached hydrogen (secondary N) is 2. The smallest absolute Gasteiger partial charge is 0.307 e. The highest BCUT2D eigenvalue weighted by atomic mass is 16.1. The van der Waals surface area contributed by atoms with Crippen LogP contribution in [0.15, 0.2) is 4.79 Å². The van der Waals surface area contributed by atoms with Crippen LogP contribution < -0.4 is 11.0 Å². The fraction of sp³-hybridized carbons (Fsp3) is 0.833. The van der Waals surface area contributed by atoms with Crippen molar-refractivity contribution in [1.82, 2.24) is 20.1 Å². The molecule has 5 heteroatoms. The molecule has 2 atom stereocenters. The third kappa shape index (κ3) is 1.82. The van der Waals surface area contributed by atoms with Gasteiger partial charge in [-0.15, -0.1) is 0 Å². The molecule has 1 saturated heterocycles. The maximum atomic E-state index is 11.7. The highest BCUT2D eigenvalue weighted by Gasteiger charge is 2.42. The molecule has 3 rings (SSSR count). The number of aromatic amines is 1. The number of hydrogen-bond acceptors (Lipinski definition) is 3. The summed E-state index contributed by atoms with van der Waals surface area (Å²) in [5, 5.41) is 10.3. The van der Waals surface area contributed by atoms with Crippen LogP contribution in [0, 0.1) is 11.8 Å². The van der Waals surface area contributed by atoms with Crippen molar-refractivity contribution in [3.05, 3.63) is 16.3 Å². The lowest BCUT2D eigenvalue weighted by Gasteiger charge is -2.20. The lowest BCUT2D eigenvalue weighted by atomic mass is 9.94. The Morgan fingerprint density at radius 1 is 1.35 bits per heavy atom. The van der Waals surface area contributed by atoms with E-state index in [1.54, 1.807) is 4.57 Å². The summed E-state index contributed by atoms with van der Waals surface area (Å²) in [6, 6.07) is 0.433. The van der Waals surface area contributed by atoms with E-state index in [-0.39, 0.29) is 17.8 Å². The van der Waals surface area contributed by atoms with E-state index in [0.29, 0.717) is 5.92 Å². The fourth-order valence-corrected chi connectivity index (χ4v) is 3.07. The largest absolute Gasteiger partial charge is 0.343 e. The Bertz CT molecular complexity index is 457. The first-order valence-electron chi connectivity index (χ1n) is 6.58. The standard InChI is InChI=1S/C12H20N4O/c1-7(2)16-11(14-15-12(16)17)10-9(5-6-13-10)8-3-4-8/h7-10,13H,3-6H2,1-2H3,(H,15,17). The van der Waals surface area contributed by atoms with Crippen molar-refractivity contribution < 1.29 is 0 Å². The minimum Gasteiger partial charge on any atom is -0.307 e. The van der Waals surface area contributed by atoms with Gasteiger partial charge in [-0.3, -0.25) is 4.57 Å². The van der Waals surface area contributed by atoms with Crippen LogP contribution in [0.4, 0.5) is 0 Å². The second-order valence-corrected chi connectivity index (χ2v) is 5.57. The molecule has 0 aromatic carbocycles. The molecule has 94 valence electrons. The van der Waals surface area contributed by atoms with Gasteiger partial charge in [-0.05, 0) is 51.5 Å². The summed E-state index contributed by atoms with van der Waals surface area (Å²) in [6.07, 6.45) is 3.91. The van der Waals surface area contributed by atoms with Gasteiger partial charge in [-0.25, -0.2) is 9.89 Å². The van der Waals surface area contributed by atoms with E-state index < -0.39 is 0 Å². The van der Waals surface area contributed by atoms with Crippen LogP contribution in [-0.4, -0.2) is 21.3 Å². The van der Waals surface area contributed by atoms with Gasteiger partial charge in [0.25, 0.3) is 0 Å². The average Bonchev–Trinajstić information content (AvgIpc) is 2.88. The first-order chi connectivity index (χ1) is 8.18. The first kappa shape index (κ1) is 11.0. The first-order valence-corrected chi connectivity index (χ1v) is 6.58. The topological polar surface area (TPSA) is 62.7 Å². The summed E-state index contributed by atoms with van der Waals surface area (Å²) in [4.78, 5) is 11.7. The van der Waals surface area contributed by atoms with Crippen molar-refractivity contribution >= 4 is 0 Å². The van der Waals surface area contributed by atoms with Gasteiger partial charge in [-0.2, -0.15) is 5.10 Å². The molecule has 2 aliphatic rings. The van der Waals surface area contributed by atoms with Crippen molar-refractivity contribution in [2.75, 3.05) is 6.54 Å². The Balaban J connectivity index is 1.95. The van der Waals surface area contributed by atoms with E-state index in [9.17, 15) is 4.79 Å². The molecule has 1 aromatic rings. The Hall–Kier alpha value is -1.10. The summed E-state index contributed by atoms with van der Waals surface area (Å²) in [6.45, 7) is 5.11. The Morgan fingerprint density at radius 2 is 2.12 bits per heavy atom. The van der Waals surface area contributed by atoms with Crippen molar-refractivity contribution in [3.63, 3.8) is 0 Å². The van der Waals surface area contributed by atoms with Gasteiger partial charge in [0, 0.05) is 6.04 Å². The van der Waals surface area contributed by atoms with E-state index in [2.05, 4.69) is 15.5 Å². The molecule has 1 aliphatic heterocycles. The normalized spacial score (nSPS) is 29.1. The Kier molecular flexibility index (Phi) is 2.58. The predicted molar refractivity (Wildman–Crippen MR) is 64.8 cm³/mol. The van der Waals surface area contributed by atoms with Gasteiger partial charge in [0.15, 0.2) is 5.82 Å². The van der Waals surface area contributed by atoms with Crippen LogP contribution in [-0.2, 0) is 0 Å². The van der Waals surface area contributed by atoms with Gasteiger partial charge in [0.05, 0.1) is 6.04 Å². The predicted octanol–water partition coefficient (Wildman–Crippen LogP) is 1.21. The van der Waals surface area contributed by atoms with Crippen LogP contribution in [0.3, 0.4) is 0 Å². The zero-order valence-electron chi connectivity index (χ0n) is 10.4. The van der Waals surface area contributed by atoms with E-state index in [1.165, 1.54) is 19.3 Å². The Labute approximate surface area is 101 Å². The molecule has 0 bridgehead atoms. The van der Waals surface area contributed by atoms with E-state index >= 15 is 0 Å². The van der Waals surface area contributed by atoms with Crippen molar-refractivity contribution in [1.29, 1.82) is 0 Å². The maximum Gasteiger partial charge on any atom is 0.343 e. The highest BCUT2D eigenvalue weighted by molar-refractivity contribution is 5.05. The summed E-state index contributed by atoms with van der Waals surface area (Å²) in [5.41, 5.74) is -0.0850. The van der Waals surface area contributed by atoms with Gasteiger partial charge in [0.2, 0.25) is 0 Å². The molecular formula is C12H20N4O. The number of rotatable bonds is 3. The number of hydrogen-bond donors (Lipinski definition) is 2. The summed E-state index contributed by atoms with van der Waals surface area (Å²) >= 11 is 0. The minimum absolute atomic E-state index is 0.0850. The van der Waals surface area contributed by atoms with Crippen LogP contribution in [0.1, 0.15) is 51.0 Å². The van der Waals surface area contributed by atoms with Gasteiger partial charge >= 0.3 is 5.69 Å². The molecule has 1 saturated carbocycles. The molecule has 0 amide bonds. The summed E-state index contributed by atoms with van der Waals surface area (Å²) in [5.74, 6) is 2.42. The molecule has 2 fully saturated rings. The van der Waals surface area contributed by atoms with Crippen molar-refractivity contribution in [2.45, 2.75) is 45.2 Å². The molecule has 1 aliphatic carbocycles. The molecule has 1 aromatic heterocycles. The van der Waals surface area contributed by atoms with E-state index in [4.69, 9.17) is 0 Å². The van der Waals surface area contributed by atoms with E-state index in [1.807, 2.05) is 13.8 Å². The van der Waals surface area contributed by atoms with Crippen LogP contribution >= 0.6 is 0 Å². The van der Waals surface area contributed by atoms with Crippen molar-refractivity contribution in [2.24, 2.45) is 11.8 Å². The zero-order valence-corrected chi connectivity index (χ0v) is 10.4. The molecular weight excluding hydrogens is 216 g/mol. The minimum atomic E-state index is -0.0850. The van der Waals surface area contributed by atoms with Gasteiger partial charge < -0.3 is 5.32 Å². The molecule has 5 nitrogen and oxygen atoms in total. The number of H-pyrrole nitrogens is 1. The highest BCUT2D eigenvalue weighted by Crippen LogP contribution is 2.46. The maximum absolute atomic E-state index is 11.7. The van der Waals surface area contributed by atoms with Crippen LogP contribution in [0.2, 0.25) is 0 Å². The monoisotopic (exact) mass is 236 g/mol. The van der Waals surface area contributed by atoms with Crippen LogP contribution in [0.25, 0.3) is 0 Å². The second-order valence-electron chi connectivity index (χ2n) is 5.57. The molecule has 17 heavy (non-hydrogen) atoms. The molecule has 2 heterocycles. The zero-order chi connectivity index (χ0) is 12.0. The molecule has 2 N–H and O–H groups in total. The average molecular weight is 236 g/mol. The third-order valence-electron chi connectivity index (χ3n) is 4.02. The lowest BCUT2D eigenvalue weighted by Crippen LogP contribution is -2.28. The van der Waals surface area contributed by atoms with E-state index in [0.717, 1.165) is 18.3 Å². The number of nitrogens with zero attached hydrogens (tertiary/aromatic N) is 2. The van der Waals surface area contributed by atoms with Gasteiger partial charge in [0.1, 0.15) is 0 Å². The molecule has 2 unspecified atom stereocenters. The SMILES string of the molecule is CC(C)n1c(C2NCCC2C2CC2)n[nH]c1=O. The molecule has 0 radical (unpaired) electrons. The molecule has 0 spiro atoms. The second kappa shape index (κ2) is 3.98. The Morgan fingerprint density at radius 3 is 2.76 bits per heavy atom. The van der Waals surface area contributed by atoms with Gasteiger partial charge in [-0.1, -0.05) is 0 Å². The quantitative estimate of drug-likeness (QED) is 0.829. The summed E-state index contributed by atoms with van der Waals surface area (Å²) < 4.78 is 1.79.